The van der Waals surface area contributed by atoms with Gasteiger partial charge in [-0.15, -0.1) is 0 Å². The molecule has 2 heterocycles. The molecule has 86 valence electrons. The summed E-state index contributed by atoms with van der Waals surface area (Å²) < 4.78 is 17.9. The summed E-state index contributed by atoms with van der Waals surface area (Å²) in [5.41, 5.74) is -0.0107. The summed E-state index contributed by atoms with van der Waals surface area (Å²) in [6.07, 6.45) is 2.36. The summed E-state index contributed by atoms with van der Waals surface area (Å²) in [5, 5.41) is 0. The molecule has 0 N–H and O–H groups in total. The van der Waals surface area contributed by atoms with Gasteiger partial charge in [0, 0.05) is 7.11 Å². The molecular formula is C12H20O3. The van der Waals surface area contributed by atoms with Crippen LogP contribution in [0.2, 0.25) is 0 Å². The van der Waals surface area contributed by atoms with Gasteiger partial charge < -0.3 is 14.2 Å². The fourth-order valence-corrected chi connectivity index (χ4v) is 3.93. The predicted molar refractivity (Wildman–Crippen MR) is 55.8 cm³/mol. The number of hydrogen-bond donors (Lipinski definition) is 0. The molecule has 3 fully saturated rings. The van der Waals surface area contributed by atoms with Gasteiger partial charge in [-0.05, 0) is 18.3 Å². The Balaban J connectivity index is 2.02. The topological polar surface area (TPSA) is 27.7 Å². The molecule has 1 unspecified atom stereocenters. The molecule has 1 spiro atoms. The van der Waals surface area contributed by atoms with Crippen LogP contribution in [-0.2, 0) is 14.2 Å². The number of methoxy groups -OCH3 is 1. The van der Waals surface area contributed by atoms with Crippen LogP contribution >= 0.6 is 0 Å². The second-order valence-corrected chi connectivity index (χ2v) is 5.75. The quantitative estimate of drug-likeness (QED) is 0.698. The van der Waals surface area contributed by atoms with Crippen molar-refractivity contribution in [2.75, 3.05) is 13.7 Å². The van der Waals surface area contributed by atoms with Crippen molar-refractivity contribution in [1.29, 1.82) is 0 Å². The second kappa shape index (κ2) is 2.58. The van der Waals surface area contributed by atoms with E-state index in [9.17, 15) is 0 Å². The zero-order valence-corrected chi connectivity index (χ0v) is 10.0. The molecule has 1 saturated carbocycles. The van der Waals surface area contributed by atoms with Crippen LogP contribution in [0.3, 0.4) is 0 Å². The molecule has 3 heteroatoms. The van der Waals surface area contributed by atoms with Crippen molar-refractivity contribution in [3.63, 3.8) is 0 Å². The first-order valence-electron chi connectivity index (χ1n) is 5.87. The van der Waals surface area contributed by atoms with Crippen LogP contribution in [0.5, 0.6) is 0 Å². The van der Waals surface area contributed by atoms with Gasteiger partial charge in [-0.3, -0.25) is 0 Å². The van der Waals surface area contributed by atoms with Crippen LogP contribution in [-0.4, -0.2) is 37.1 Å². The fraction of sp³-hybridized carbons (Fsp3) is 1.00. The molecule has 0 aromatic carbocycles. The summed E-state index contributed by atoms with van der Waals surface area (Å²) in [7, 11) is 1.77. The van der Waals surface area contributed by atoms with E-state index in [0.717, 1.165) is 12.8 Å². The molecule has 3 aliphatic rings. The SMILES string of the molecule is CC[C@]12OC[C@H](OC13CC3(C)C)[C@@H]2OC. The van der Waals surface area contributed by atoms with E-state index in [-0.39, 0.29) is 28.8 Å². The Morgan fingerprint density at radius 3 is 2.53 bits per heavy atom. The maximum absolute atomic E-state index is 6.22. The van der Waals surface area contributed by atoms with E-state index < -0.39 is 0 Å². The Labute approximate surface area is 91.1 Å². The molecule has 2 saturated heterocycles. The Bertz CT molecular complexity index is 301. The summed E-state index contributed by atoms with van der Waals surface area (Å²) in [4.78, 5) is 0. The van der Waals surface area contributed by atoms with E-state index >= 15 is 0 Å². The lowest BCUT2D eigenvalue weighted by Gasteiger charge is -2.37. The lowest BCUT2D eigenvalue weighted by atomic mass is 9.84. The highest BCUT2D eigenvalue weighted by Gasteiger charge is 2.82. The molecule has 4 atom stereocenters. The molecule has 1 aliphatic carbocycles. The van der Waals surface area contributed by atoms with Crippen molar-refractivity contribution in [2.45, 2.75) is 57.0 Å². The van der Waals surface area contributed by atoms with E-state index in [1.165, 1.54) is 0 Å². The first-order valence-corrected chi connectivity index (χ1v) is 5.87. The number of hydrogen-bond acceptors (Lipinski definition) is 3. The van der Waals surface area contributed by atoms with Gasteiger partial charge in [0.05, 0.1) is 6.61 Å². The van der Waals surface area contributed by atoms with Gasteiger partial charge in [-0.25, -0.2) is 0 Å². The van der Waals surface area contributed by atoms with E-state index in [1.807, 2.05) is 0 Å². The average molecular weight is 212 g/mol. The smallest absolute Gasteiger partial charge is 0.126 e. The standard InChI is InChI=1S/C12H20O3/c1-5-11-9(13-4)8(6-14-11)15-12(11)7-10(12,2)3/h8-9H,5-7H2,1-4H3/t8-,9-,11+,12?/m0/s1. The Morgan fingerprint density at radius 1 is 1.40 bits per heavy atom. The molecule has 2 bridgehead atoms. The number of rotatable bonds is 2. The minimum Gasteiger partial charge on any atom is -0.376 e. The predicted octanol–water partition coefficient (Wildman–Crippen LogP) is 1.75. The summed E-state index contributed by atoms with van der Waals surface area (Å²) in [6.45, 7) is 7.41. The Kier molecular flexibility index (Phi) is 1.73. The van der Waals surface area contributed by atoms with Gasteiger partial charge in [0.15, 0.2) is 0 Å². The summed E-state index contributed by atoms with van der Waals surface area (Å²) >= 11 is 0. The summed E-state index contributed by atoms with van der Waals surface area (Å²) in [6, 6.07) is 0. The van der Waals surface area contributed by atoms with Crippen LogP contribution in [0.1, 0.15) is 33.6 Å². The number of fused-ring (bicyclic) bond motifs is 3. The van der Waals surface area contributed by atoms with Crippen molar-refractivity contribution >= 4 is 0 Å². The van der Waals surface area contributed by atoms with Gasteiger partial charge in [0.2, 0.25) is 0 Å². The zero-order valence-electron chi connectivity index (χ0n) is 10.0. The normalized spacial score (nSPS) is 55.2. The third-order valence-corrected chi connectivity index (χ3v) is 4.78. The highest BCUT2D eigenvalue weighted by Crippen LogP contribution is 2.72. The van der Waals surface area contributed by atoms with Crippen LogP contribution in [0, 0.1) is 5.41 Å². The summed E-state index contributed by atoms with van der Waals surface area (Å²) in [5.74, 6) is 0. The largest absolute Gasteiger partial charge is 0.376 e. The average Bonchev–Trinajstić information content (AvgIpc) is 2.58. The molecule has 0 aromatic rings. The van der Waals surface area contributed by atoms with E-state index in [1.54, 1.807) is 7.11 Å². The molecule has 3 rings (SSSR count). The lowest BCUT2D eigenvalue weighted by Crippen LogP contribution is -2.51. The minimum absolute atomic E-state index is 0.0711. The maximum Gasteiger partial charge on any atom is 0.126 e. The molecular weight excluding hydrogens is 192 g/mol. The van der Waals surface area contributed by atoms with Crippen molar-refractivity contribution < 1.29 is 14.2 Å². The van der Waals surface area contributed by atoms with Crippen molar-refractivity contribution in [1.82, 2.24) is 0 Å². The van der Waals surface area contributed by atoms with Gasteiger partial charge in [-0.1, -0.05) is 20.8 Å². The van der Waals surface area contributed by atoms with E-state index in [4.69, 9.17) is 14.2 Å². The van der Waals surface area contributed by atoms with Crippen LogP contribution in [0.4, 0.5) is 0 Å². The van der Waals surface area contributed by atoms with E-state index in [0.29, 0.717) is 6.61 Å². The van der Waals surface area contributed by atoms with Crippen LogP contribution in [0.25, 0.3) is 0 Å². The van der Waals surface area contributed by atoms with Gasteiger partial charge in [0.25, 0.3) is 0 Å². The first-order chi connectivity index (χ1) is 7.03. The first kappa shape index (κ1) is 10.1. The zero-order chi connectivity index (χ0) is 10.9. The molecule has 3 nitrogen and oxygen atoms in total. The monoisotopic (exact) mass is 212 g/mol. The van der Waals surface area contributed by atoms with Crippen LogP contribution < -0.4 is 0 Å². The van der Waals surface area contributed by atoms with E-state index in [2.05, 4.69) is 20.8 Å². The lowest BCUT2D eigenvalue weighted by molar-refractivity contribution is -0.180. The molecule has 0 aromatic heterocycles. The van der Waals surface area contributed by atoms with Gasteiger partial charge >= 0.3 is 0 Å². The molecule has 0 radical (unpaired) electrons. The maximum atomic E-state index is 6.22. The second-order valence-electron chi connectivity index (χ2n) is 5.75. The Morgan fingerprint density at radius 2 is 2.07 bits per heavy atom. The fourth-order valence-electron chi connectivity index (χ4n) is 3.93. The number of ether oxygens (including phenoxy) is 3. The third-order valence-electron chi connectivity index (χ3n) is 4.78. The minimum atomic E-state index is -0.185. The van der Waals surface area contributed by atoms with Crippen molar-refractivity contribution in [2.24, 2.45) is 5.41 Å². The van der Waals surface area contributed by atoms with Crippen molar-refractivity contribution in [3.05, 3.63) is 0 Å². The highest BCUT2D eigenvalue weighted by atomic mass is 16.7. The molecule has 15 heavy (non-hydrogen) atoms. The molecule has 0 amide bonds. The third kappa shape index (κ3) is 0.855. The van der Waals surface area contributed by atoms with Gasteiger partial charge in [0.1, 0.15) is 23.4 Å². The molecule has 2 aliphatic heterocycles. The Hall–Kier alpha value is -0.120. The van der Waals surface area contributed by atoms with Crippen molar-refractivity contribution in [3.8, 4) is 0 Å². The highest BCUT2D eigenvalue weighted by molar-refractivity contribution is 5.31. The van der Waals surface area contributed by atoms with Crippen LogP contribution in [0.15, 0.2) is 0 Å². The van der Waals surface area contributed by atoms with Gasteiger partial charge in [-0.2, -0.15) is 0 Å².